The normalized spacial score (nSPS) is 11.2. The zero-order valence-electron chi connectivity index (χ0n) is 51.8. The average molecular weight is 1200 g/mol. The predicted molar refractivity (Wildman–Crippen MR) is 400 cm³/mol. The molecule has 0 heterocycles. The van der Waals surface area contributed by atoms with Gasteiger partial charge in [0.05, 0.1) is 0 Å². The van der Waals surface area contributed by atoms with Crippen molar-refractivity contribution >= 4 is 55.7 Å². The monoisotopic (exact) mass is 1200 g/mol. The average Bonchev–Trinajstić information content (AvgIpc) is 0.820. The molecule has 0 N–H and O–H groups in total. The molecule has 16 aromatic carbocycles. The zero-order valence-corrected chi connectivity index (χ0v) is 51.8. The van der Waals surface area contributed by atoms with Gasteiger partial charge in [0.25, 0.3) is 0 Å². The number of anilines is 6. The van der Waals surface area contributed by atoms with Crippen molar-refractivity contribution in [2.45, 2.75) is 0 Å². The van der Waals surface area contributed by atoms with Crippen LogP contribution in [0.15, 0.2) is 388 Å². The number of hydrogen-bond donors (Lipinski definition) is 0. The molecule has 16 rings (SSSR count). The lowest BCUT2D eigenvalue weighted by Crippen LogP contribution is -2.10. The summed E-state index contributed by atoms with van der Waals surface area (Å²) in [5.41, 5.74) is 27.7. The van der Waals surface area contributed by atoms with Crippen LogP contribution in [0.25, 0.3) is 122 Å². The van der Waals surface area contributed by atoms with E-state index in [1.807, 2.05) is 0 Å². The lowest BCUT2D eigenvalue weighted by atomic mass is 9.90. The first-order chi connectivity index (χ1) is 46.6. The van der Waals surface area contributed by atoms with E-state index in [0.29, 0.717) is 0 Å². The van der Waals surface area contributed by atoms with Gasteiger partial charge in [0.15, 0.2) is 0 Å². The Bertz CT molecular complexity index is 5380. The molecular weight excluding hydrogens is 1130 g/mol. The van der Waals surface area contributed by atoms with Crippen LogP contribution in [0, 0.1) is 0 Å². The van der Waals surface area contributed by atoms with Crippen molar-refractivity contribution in [1.82, 2.24) is 0 Å². The highest BCUT2D eigenvalue weighted by Crippen LogP contribution is 2.44. The number of rotatable bonds is 15. The van der Waals surface area contributed by atoms with Crippen LogP contribution in [0.2, 0.25) is 0 Å². The molecule has 0 aliphatic rings. The van der Waals surface area contributed by atoms with Crippen LogP contribution in [0.4, 0.5) is 34.1 Å². The Hall–Kier alpha value is -12.4. The minimum absolute atomic E-state index is 1.07. The van der Waals surface area contributed by atoms with Gasteiger partial charge in [-0.25, -0.2) is 0 Å². The van der Waals surface area contributed by atoms with Crippen molar-refractivity contribution in [3.63, 3.8) is 0 Å². The molecule has 2 nitrogen and oxygen atoms in total. The van der Waals surface area contributed by atoms with Crippen LogP contribution in [0.5, 0.6) is 0 Å². The minimum Gasteiger partial charge on any atom is -0.310 e. The maximum absolute atomic E-state index is 2.39. The summed E-state index contributed by atoms with van der Waals surface area (Å²) in [7, 11) is 0. The van der Waals surface area contributed by atoms with Gasteiger partial charge >= 0.3 is 0 Å². The van der Waals surface area contributed by atoms with Gasteiger partial charge in [-0.15, -0.1) is 0 Å². The second-order valence-electron chi connectivity index (χ2n) is 24.0. The second kappa shape index (κ2) is 25.5. The van der Waals surface area contributed by atoms with Crippen LogP contribution >= 0.6 is 0 Å². The van der Waals surface area contributed by atoms with Gasteiger partial charge < -0.3 is 9.80 Å². The molecule has 0 aliphatic carbocycles. The first-order valence-corrected chi connectivity index (χ1v) is 32.3. The number of hydrogen-bond acceptors (Lipinski definition) is 2. The Morgan fingerprint density at radius 1 is 0.128 bits per heavy atom. The quantitative estimate of drug-likeness (QED) is 0.101. The maximum Gasteiger partial charge on any atom is 0.0467 e. The van der Waals surface area contributed by atoms with Crippen molar-refractivity contribution < 1.29 is 0 Å². The summed E-state index contributed by atoms with van der Waals surface area (Å²) in [6, 6.07) is 141. The van der Waals surface area contributed by atoms with E-state index < -0.39 is 0 Å². The van der Waals surface area contributed by atoms with Gasteiger partial charge in [-0.3, -0.25) is 0 Å². The summed E-state index contributed by atoms with van der Waals surface area (Å²) in [5, 5.41) is 4.88. The molecule has 0 radical (unpaired) electrons. The van der Waals surface area contributed by atoms with Crippen LogP contribution in [-0.2, 0) is 0 Å². The molecule has 0 saturated carbocycles. The number of fused-ring (bicyclic) bond motifs is 2. The zero-order chi connectivity index (χ0) is 62.6. The van der Waals surface area contributed by atoms with E-state index in [4.69, 9.17) is 0 Å². The van der Waals surface area contributed by atoms with Gasteiger partial charge in [0.2, 0.25) is 0 Å². The first kappa shape index (κ1) is 56.8. The van der Waals surface area contributed by atoms with Gasteiger partial charge in [-0.2, -0.15) is 0 Å². The minimum atomic E-state index is 1.07. The van der Waals surface area contributed by atoms with Crippen LogP contribution in [0.1, 0.15) is 0 Å². The van der Waals surface area contributed by atoms with E-state index in [0.717, 1.165) is 73.1 Å². The number of benzene rings is 16. The third-order valence-electron chi connectivity index (χ3n) is 18.2. The van der Waals surface area contributed by atoms with E-state index in [1.54, 1.807) is 0 Å². The molecule has 0 aromatic heterocycles. The van der Waals surface area contributed by atoms with E-state index >= 15 is 0 Å². The van der Waals surface area contributed by atoms with Gasteiger partial charge in [0, 0.05) is 34.1 Å². The van der Waals surface area contributed by atoms with Crippen molar-refractivity contribution in [3.8, 4) is 100 Å². The third kappa shape index (κ3) is 11.5. The largest absolute Gasteiger partial charge is 0.310 e. The Morgan fingerprint density at radius 2 is 0.372 bits per heavy atom. The fourth-order valence-corrected chi connectivity index (χ4v) is 13.6. The molecule has 442 valence electrons. The standard InChI is InChI=1S/C92H64N2/c1-4-23-65(24-5-1)69-29-14-33-73(57-69)76-36-18-43-83(61-76)93(81-41-8-3-9-42-81)85-45-21-40-80(64-85)90-56-55-89(91-48-12-13-49-92(90)91)78-38-17-35-75(60-78)72-32-16-31-71(59-72)67-51-53-82(54-52-67)94(86-46-20-39-79(63-86)88-50-22-28-68-27-10-11-47-87(68)88)84-44-19-37-77(62-84)74-34-15-30-70(58-74)66-25-6-2-7-26-66/h1-64H. The van der Waals surface area contributed by atoms with Crippen LogP contribution < -0.4 is 9.80 Å². The molecule has 0 fully saturated rings. The number of para-hydroxylation sites is 1. The van der Waals surface area contributed by atoms with E-state index in [1.165, 1.54) is 82.7 Å². The molecule has 0 bridgehead atoms. The Labute approximate surface area is 550 Å². The molecule has 0 aliphatic heterocycles. The summed E-state index contributed by atoms with van der Waals surface area (Å²) in [4.78, 5) is 4.77. The SMILES string of the molecule is c1ccc(-c2cccc(-c3cccc(N(c4ccc(-c5cccc(-c6cccc(-c7ccc(-c8cccc(N(c9ccccc9)c9cccc(-c%10cccc(-c%11ccccc%11)c%10)c9)c8)c8ccccc78)c6)c5)cc4)c4cccc(-c5cccc6ccccc56)c4)c3)c2)cc1. The summed E-state index contributed by atoms with van der Waals surface area (Å²) >= 11 is 0. The summed E-state index contributed by atoms with van der Waals surface area (Å²) in [5.74, 6) is 0. The highest BCUT2D eigenvalue weighted by atomic mass is 15.1. The highest BCUT2D eigenvalue weighted by Gasteiger charge is 2.19. The van der Waals surface area contributed by atoms with Crippen molar-refractivity contribution in [2.75, 3.05) is 9.80 Å². The molecule has 2 heteroatoms. The lowest BCUT2D eigenvalue weighted by molar-refractivity contribution is 1.28. The lowest BCUT2D eigenvalue weighted by Gasteiger charge is -2.27. The van der Waals surface area contributed by atoms with Gasteiger partial charge in [-0.05, 0) is 219 Å². The summed E-state index contributed by atoms with van der Waals surface area (Å²) in [6.45, 7) is 0. The van der Waals surface area contributed by atoms with Crippen LogP contribution in [-0.4, -0.2) is 0 Å². The molecule has 0 amide bonds. The van der Waals surface area contributed by atoms with E-state index in [9.17, 15) is 0 Å². The van der Waals surface area contributed by atoms with Crippen LogP contribution in [0.3, 0.4) is 0 Å². The van der Waals surface area contributed by atoms with E-state index in [2.05, 4.69) is 398 Å². The summed E-state index contributed by atoms with van der Waals surface area (Å²) in [6.07, 6.45) is 0. The number of nitrogens with zero attached hydrogens (tertiary/aromatic N) is 2. The third-order valence-corrected chi connectivity index (χ3v) is 18.2. The molecule has 0 unspecified atom stereocenters. The molecular formula is C92H64N2. The Morgan fingerprint density at radius 3 is 0.809 bits per heavy atom. The molecule has 0 spiro atoms. The molecule has 0 saturated heterocycles. The summed E-state index contributed by atoms with van der Waals surface area (Å²) < 4.78 is 0. The first-order valence-electron chi connectivity index (χ1n) is 32.3. The maximum atomic E-state index is 2.39. The highest BCUT2D eigenvalue weighted by molar-refractivity contribution is 6.06. The predicted octanol–water partition coefficient (Wildman–Crippen LogP) is 25.9. The topological polar surface area (TPSA) is 6.48 Å². The Balaban J connectivity index is 0.706. The Kier molecular flexibility index (Phi) is 15.4. The molecule has 0 atom stereocenters. The fraction of sp³-hybridized carbons (Fsp3) is 0. The van der Waals surface area contributed by atoms with Gasteiger partial charge in [0.1, 0.15) is 0 Å². The van der Waals surface area contributed by atoms with Crippen molar-refractivity contribution in [1.29, 1.82) is 0 Å². The fourth-order valence-electron chi connectivity index (χ4n) is 13.6. The van der Waals surface area contributed by atoms with Crippen molar-refractivity contribution in [2.24, 2.45) is 0 Å². The van der Waals surface area contributed by atoms with E-state index in [-0.39, 0.29) is 0 Å². The molecule has 16 aromatic rings. The molecule has 94 heavy (non-hydrogen) atoms. The van der Waals surface area contributed by atoms with Gasteiger partial charge in [-0.1, -0.05) is 291 Å². The van der Waals surface area contributed by atoms with Crippen molar-refractivity contribution in [3.05, 3.63) is 388 Å². The second-order valence-corrected chi connectivity index (χ2v) is 24.0. The smallest absolute Gasteiger partial charge is 0.0467 e.